The summed E-state index contributed by atoms with van der Waals surface area (Å²) in [5.74, 6) is -0.0758. The topological polar surface area (TPSA) is 44.7 Å². The number of aliphatic hydroxyl groups is 1. The van der Waals surface area contributed by atoms with E-state index in [1.807, 2.05) is 22.6 Å². The zero-order valence-electron chi connectivity index (χ0n) is 4.18. The predicted molar refractivity (Wildman–Crippen MR) is 35.7 cm³/mol. The van der Waals surface area contributed by atoms with Crippen molar-refractivity contribution in [2.24, 2.45) is 0 Å². The van der Waals surface area contributed by atoms with Gasteiger partial charge in [-0.15, -0.1) is 0 Å². The summed E-state index contributed by atoms with van der Waals surface area (Å²) < 4.78 is 0.655. The largest absolute Gasteiger partial charge is 0.478 e. The highest BCUT2D eigenvalue weighted by molar-refractivity contribution is 14.1. The van der Waals surface area contributed by atoms with E-state index in [-0.39, 0.29) is 5.95 Å². The van der Waals surface area contributed by atoms with E-state index in [4.69, 9.17) is 5.11 Å². The first-order valence-electron chi connectivity index (χ1n) is 1.97. The van der Waals surface area contributed by atoms with Gasteiger partial charge in [0.1, 0.15) is 0 Å². The van der Waals surface area contributed by atoms with Crippen molar-refractivity contribution in [2.45, 2.75) is 0 Å². The van der Waals surface area contributed by atoms with Crippen LogP contribution < -0.4 is 5.59 Å². The standard InChI is InChI=1S/C3H5IN2O2/c1-6-2(4)3(7)8-5-6/h5,7H,1H3. The molecule has 1 heterocycles. The molecule has 0 bridgehead atoms. The van der Waals surface area contributed by atoms with E-state index in [1.165, 1.54) is 0 Å². The zero-order chi connectivity index (χ0) is 6.15. The van der Waals surface area contributed by atoms with Crippen molar-refractivity contribution in [1.29, 1.82) is 0 Å². The van der Waals surface area contributed by atoms with Gasteiger partial charge >= 0.3 is 5.95 Å². The fraction of sp³-hybridized carbons (Fsp3) is 0.333. The summed E-state index contributed by atoms with van der Waals surface area (Å²) >= 11 is 1.95. The maximum atomic E-state index is 8.71. The Balaban J connectivity index is 2.71. The van der Waals surface area contributed by atoms with Crippen LogP contribution in [0.3, 0.4) is 0 Å². The summed E-state index contributed by atoms with van der Waals surface area (Å²) in [7, 11) is 1.74. The number of nitrogens with one attached hydrogen (secondary N) is 1. The Kier molecular flexibility index (Phi) is 1.47. The molecule has 46 valence electrons. The lowest BCUT2D eigenvalue weighted by Crippen LogP contribution is -2.24. The van der Waals surface area contributed by atoms with Gasteiger partial charge in [-0.25, -0.2) is 0 Å². The molecule has 8 heavy (non-hydrogen) atoms. The smallest absolute Gasteiger partial charge is 0.331 e. The van der Waals surface area contributed by atoms with E-state index in [2.05, 4.69) is 10.4 Å². The number of hydrogen-bond acceptors (Lipinski definition) is 4. The lowest BCUT2D eigenvalue weighted by molar-refractivity contribution is -0.0120. The van der Waals surface area contributed by atoms with E-state index in [1.54, 1.807) is 12.1 Å². The van der Waals surface area contributed by atoms with Gasteiger partial charge in [0.25, 0.3) is 0 Å². The molecule has 0 saturated carbocycles. The van der Waals surface area contributed by atoms with Crippen LogP contribution in [-0.2, 0) is 4.84 Å². The Morgan fingerprint density at radius 1 is 1.88 bits per heavy atom. The van der Waals surface area contributed by atoms with Crippen molar-refractivity contribution in [3.8, 4) is 0 Å². The average Bonchev–Trinajstić information content (AvgIpc) is 1.98. The molecule has 5 heteroatoms. The van der Waals surface area contributed by atoms with Crippen molar-refractivity contribution in [1.82, 2.24) is 10.6 Å². The van der Waals surface area contributed by atoms with E-state index < -0.39 is 0 Å². The van der Waals surface area contributed by atoms with Crippen molar-refractivity contribution in [3.63, 3.8) is 0 Å². The molecule has 0 radical (unpaired) electrons. The number of halogens is 1. The Labute approximate surface area is 60.2 Å². The summed E-state index contributed by atoms with van der Waals surface area (Å²) in [5, 5.41) is 10.3. The van der Waals surface area contributed by atoms with Crippen LogP contribution in [0.15, 0.2) is 9.65 Å². The minimum atomic E-state index is -0.0758. The Morgan fingerprint density at radius 2 is 2.50 bits per heavy atom. The van der Waals surface area contributed by atoms with Gasteiger partial charge in [0, 0.05) is 7.05 Å². The number of hydrogen-bond donors (Lipinski definition) is 2. The molecule has 0 spiro atoms. The molecule has 0 aromatic carbocycles. The summed E-state index contributed by atoms with van der Waals surface area (Å²) in [4.78, 5) is 4.48. The van der Waals surface area contributed by atoms with E-state index in [0.29, 0.717) is 3.70 Å². The SMILES string of the molecule is CN1NOC(O)=C1I. The second-order valence-corrected chi connectivity index (χ2v) is 2.37. The monoisotopic (exact) mass is 228 g/mol. The number of aliphatic hydroxyl groups excluding tert-OH is 1. The molecule has 0 unspecified atom stereocenters. The van der Waals surface area contributed by atoms with Crippen LogP contribution in [0.1, 0.15) is 0 Å². The third-order valence-corrected chi connectivity index (χ3v) is 1.94. The Hall–Kier alpha value is -0.170. The predicted octanol–water partition coefficient (Wildman–Crippen LogP) is 0.488. The van der Waals surface area contributed by atoms with Crippen molar-refractivity contribution in [3.05, 3.63) is 9.65 Å². The summed E-state index contributed by atoms with van der Waals surface area (Å²) in [6.07, 6.45) is 0. The van der Waals surface area contributed by atoms with Gasteiger partial charge in [-0.2, -0.15) is 0 Å². The molecule has 0 saturated heterocycles. The quantitative estimate of drug-likeness (QED) is 0.467. The van der Waals surface area contributed by atoms with Gasteiger partial charge in [-0.3, -0.25) is 5.01 Å². The van der Waals surface area contributed by atoms with Crippen LogP contribution in [0.25, 0.3) is 0 Å². The first-order valence-corrected chi connectivity index (χ1v) is 3.04. The molecule has 0 aromatic heterocycles. The molecule has 0 amide bonds. The maximum absolute atomic E-state index is 8.71. The molecule has 1 aliphatic heterocycles. The molecule has 1 rings (SSSR count). The molecule has 4 nitrogen and oxygen atoms in total. The van der Waals surface area contributed by atoms with Crippen LogP contribution in [0, 0.1) is 0 Å². The first-order chi connectivity index (χ1) is 3.72. The summed E-state index contributed by atoms with van der Waals surface area (Å²) in [6, 6.07) is 0. The van der Waals surface area contributed by atoms with Crippen LogP contribution in [-0.4, -0.2) is 17.2 Å². The van der Waals surface area contributed by atoms with Crippen LogP contribution in [0.5, 0.6) is 0 Å². The van der Waals surface area contributed by atoms with Crippen LogP contribution in [0.4, 0.5) is 0 Å². The summed E-state index contributed by atoms with van der Waals surface area (Å²) in [6.45, 7) is 0. The lowest BCUT2D eigenvalue weighted by Gasteiger charge is -2.04. The van der Waals surface area contributed by atoms with Gasteiger partial charge in [-0.1, -0.05) is 5.59 Å². The number of hydrazine groups is 1. The lowest BCUT2D eigenvalue weighted by atomic mass is 10.9. The maximum Gasteiger partial charge on any atom is 0.331 e. The minimum Gasteiger partial charge on any atom is -0.478 e. The van der Waals surface area contributed by atoms with Crippen molar-refractivity contribution in [2.75, 3.05) is 7.05 Å². The Bertz CT molecular complexity index is 135. The fourth-order valence-corrected chi connectivity index (χ4v) is 0.546. The van der Waals surface area contributed by atoms with Crippen molar-refractivity contribution < 1.29 is 9.94 Å². The van der Waals surface area contributed by atoms with Crippen LogP contribution >= 0.6 is 22.6 Å². The normalized spacial score (nSPS) is 19.5. The molecule has 0 atom stereocenters. The highest BCUT2D eigenvalue weighted by atomic mass is 127. The molecule has 2 N–H and O–H groups in total. The van der Waals surface area contributed by atoms with Gasteiger partial charge in [0.2, 0.25) is 0 Å². The van der Waals surface area contributed by atoms with Gasteiger partial charge in [0.05, 0.1) is 0 Å². The minimum absolute atomic E-state index is 0.0758. The van der Waals surface area contributed by atoms with E-state index in [9.17, 15) is 0 Å². The van der Waals surface area contributed by atoms with Crippen molar-refractivity contribution >= 4 is 22.6 Å². The molecule has 0 aromatic rings. The second-order valence-electron chi connectivity index (χ2n) is 1.35. The molecule has 1 aliphatic rings. The molecular weight excluding hydrogens is 223 g/mol. The molecule has 0 aliphatic carbocycles. The van der Waals surface area contributed by atoms with E-state index >= 15 is 0 Å². The Morgan fingerprint density at radius 3 is 2.62 bits per heavy atom. The third kappa shape index (κ3) is 0.826. The zero-order valence-corrected chi connectivity index (χ0v) is 6.34. The average molecular weight is 228 g/mol. The highest BCUT2D eigenvalue weighted by Crippen LogP contribution is 2.17. The van der Waals surface area contributed by atoms with Crippen LogP contribution in [0.2, 0.25) is 0 Å². The number of rotatable bonds is 0. The highest BCUT2D eigenvalue weighted by Gasteiger charge is 2.16. The molecular formula is C3H5IN2O2. The van der Waals surface area contributed by atoms with E-state index in [0.717, 1.165) is 0 Å². The van der Waals surface area contributed by atoms with Gasteiger partial charge < -0.3 is 9.94 Å². The molecule has 0 fully saturated rings. The van der Waals surface area contributed by atoms with Gasteiger partial charge in [-0.05, 0) is 22.6 Å². The first kappa shape index (κ1) is 5.96. The second kappa shape index (κ2) is 1.98. The third-order valence-electron chi connectivity index (χ3n) is 0.750. The summed E-state index contributed by atoms with van der Waals surface area (Å²) in [5.41, 5.74) is 2.42. The van der Waals surface area contributed by atoms with Gasteiger partial charge in [0.15, 0.2) is 3.70 Å². The fourth-order valence-electron chi connectivity index (χ4n) is 0.337. The number of nitrogens with zero attached hydrogens (tertiary/aromatic N) is 1.